The van der Waals surface area contributed by atoms with Crippen molar-refractivity contribution >= 4 is 11.8 Å². The Morgan fingerprint density at radius 2 is 2.00 bits per heavy atom. The maximum absolute atomic E-state index is 12.8. The van der Waals surface area contributed by atoms with E-state index in [0.717, 1.165) is 19.3 Å². The van der Waals surface area contributed by atoms with Crippen LogP contribution in [0, 0.1) is 0 Å². The van der Waals surface area contributed by atoms with Gasteiger partial charge in [-0.1, -0.05) is 13.8 Å². The van der Waals surface area contributed by atoms with Gasteiger partial charge in [0, 0.05) is 7.11 Å². The molecule has 0 aromatic heterocycles. The Kier molecular flexibility index (Phi) is 4.13. The van der Waals surface area contributed by atoms with E-state index < -0.39 is 5.54 Å². The van der Waals surface area contributed by atoms with E-state index in [0.29, 0.717) is 12.8 Å². The molecule has 2 unspecified atom stereocenters. The van der Waals surface area contributed by atoms with Crippen LogP contribution in [0.2, 0.25) is 0 Å². The summed E-state index contributed by atoms with van der Waals surface area (Å²) in [5.41, 5.74) is -0.712. The van der Waals surface area contributed by atoms with E-state index >= 15 is 0 Å². The molecular formula is C14H24N2O3. The molecule has 1 saturated carbocycles. The third-order valence-corrected chi connectivity index (χ3v) is 4.69. The van der Waals surface area contributed by atoms with Crippen molar-refractivity contribution < 1.29 is 14.3 Å². The quantitative estimate of drug-likeness (QED) is 0.829. The van der Waals surface area contributed by atoms with Crippen LogP contribution in [0.4, 0.5) is 0 Å². The van der Waals surface area contributed by atoms with Crippen molar-refractivity contribution in [3.05, 3.63) is 0 Å². The summed E-state index contributed by atoms with van der Waals surface area (Å²) < 4.78 is 5.47. The van der Waals surface area contributed by atoms with Crippen LogP contribution in [0.1, 0.15) is 46.0 Å². The topological polar surface area (TPSA) is 58.6 Å². The highest BCUT2D eigenvalue weighted by atomic mass is 16.5. The molecule has 2 rings (SSSR count). The zero-order valence-electron chi connectivity index (χ0n) is 12.1. The van der Waals surface area contributed by atoms with Gasteiger partial charge in [-0.15, -0.1) is 0 Å². The Morgan fingerprint density at radius 3 is 2.58 bits per heavy atom. The minimum absolute atomic E-state index is 0.0509. The van der Waals surface area contributed by atoms with Crippen molar-refractivity contribution in [3.8, 4) is 0 Å². The Bertz CT molecular complexity index is 366. The molecule has 2 aliphatic rings. The van der Waals surface area contributed by atoms with E-state index in [1.807, 2.05) is 13.8 Å². The molecular weight excluding hydrogens is 244 g/mol. The molecule has 19 heavy (non-hydrogen) atoms. The standard InChI is InChI=1S/C14H24N2O3/c1-4-14(5-2)13(18)16(9-12(17)15-14)10-7-6-8-11(10)19-3/h10-11H,4-9H2,1-3H3,(H,15,17). The molecule has 1 aliphatic heterocycles. The largest absolute Gasteiger partial charge is 0.379 e. The number of hydrogen-bond acceptors (Lipinski definition) is 3. The van der Waals surface area contributed by atoms with Gasteiger partial charge < -0.3 is 15.0 Å². The molecule has 2 amide bonds. The number of carbonyl (C=O) groups excluding carboxylic acids is 2. The number of piperazine rings is 1. The number of amides is 2. The van der Waals surface area contributed by atoms with E-state index in [-0.39, 0.29) is 30.5 Å². The second-order valence-corrected chi connectivity index (χ2v) is 5.54. The average molecular weight is 268 g/mol. The fourth-order valence-electron chi connectivity index (χ4n) is 3.40. The number of rotatable bonds is 4. The van der Waals surface area contributed by atoms with Crippen molar-refractivity contribution in [2.45, 2.75) is 63.6 Å². The molecule has 5 heteroatoms. The lowest BCUT2D eigenvalue weighted by Gasteiger charge is -2.44. The lowest BCUT2D eigenvalue weighted by Crippen LogP contribution is -2.68. The van der Waals surface area contributed by atoms with Gasteiger partial charge >= 0.3 is 0 Å². The summed E-state index contributed by atoms with van der Waals surface area (Å²) in [6.45, 7) is 4.08. The Hall–Kier alpha value is -1.10. The number of hydrogen-bond donors (Lipinski definition) is 1. The SMILES string of the molecule is CCC1(CC)NC(=O)CN(C2CCCC2OC)C1=O. The molecule has 0 aromatic carbocycles. The minimum Gasteiger partial charge on any atom is -0.379 e. The van der Waals surface area contributed by atoms with Gasteiger partial charge in [0.15, 0.2) is 0 Å². The molecule has 2 fully saturated rings. The Labute approximate surface area is 114 Å². The first-order valence-corrected chi connectivity index (χ1v) is 7.22. The molecule has 108 valence electrons. The van der Waals surface area contributed by atoms with Crippen LogP contribution in [0.25, 0.3) is 0 Å². The average Bonchev–Trinajstić information content (AvgIpc) is 2.89. The Morgan fingerprint density at radius 1 is 1.32 bits per heavy atom. The normalized spacial score (nSPS) is 30.6. The Balaban J connectivity index is 2.24. The van der Waals surface area contributed by atoms with Crippen molar-refractivity contribution in [3.63, 3.8) is 0 Å². The monoisotopic (exact) mass is 268 g/mol. The minimum atomic E-state index is -0.712. The summed E-state index contributed by atoms with van der Waals surface area (Å²) in [6.07, 6.45) is 4.30. The first-order chi connectivity index (χ1) is 9.07. The smallest absolute Gasteiger partial charge is 0.249 e. The molecule has 1 saturated heterocycles. The zero-order valence-corrected chi connectivity index (χ0v) is 12.1. The van der Waals surface area contributed by atoms with Crippen LogP contribution in [-0.2, 0) is 14.3 Å². The molecule has 2 atom stereocenters. The van der Waals surface area contributed by atoms with Gasteiger partial charge in [-0.25, -0.2) is 0 Å². The molecule has 0 aromatic rings. The van der Waals surface area contributed by atoms with E-state index in [1.165, 1.54) is 0 Å². The summed E-state index contributed by atoms with van der Waals surface area (Å²) in [5, 5.41) is 2.89. The van der Waals surface area contributed by atoms with Gasteiger partial charge in [-0.05, 0) is 32.1 Å². The molecule has 5 nitrogen and oxygen atoms in total. The third-order valence-electron chi connectivity index (χ3n) is 4.69. The van der Waals surface area contributed by atoms with Crippen molar-refractivity contribution in [2.24, 2.45) is 0 Å². The summed E-state index contributed by atoms with van der Waals surface area (Å²) in [6, 6.07) is 0.0565. The zero-order chi connectivity index (χ0) is 14.0. The van der Waals surface area contributed by atoms with Crippen LogP contribution in [0.15, 0.2) is 0 Å². The number of nitrogens with one attached hydrogen (secondary N) is 1. The van der Waals surface area contributed by atoms with Gasteiger partial charge in [0.1, 0.15) is 12.1 Å². The highest BCUT2D eigenvalue weighted by molar-refractivity contribution is 5.98. The second kappa shape index (κ2) is 5.49. The van der Waals surface area contributed by atoms with Crippen molar-refractivity contribution in [1.29, 1.82) is 0 Å². The van der Waals surface area contributed by atoms with Gasteiger partial charge in [-0.2, -0.15) is 0 Å². The number of methoxy groups -OCH3 is 1. The maximum Gasteiger partial charge on any atom is 0.249 e. The molecule has 0 spiro atoms. The number of nitrogens with zero attached hydrogens (tertiary/aromatic N) is 1. The molecule has 1 N–H and O–H groups in total. The van der Waals surface area contributed by atoms with E-state index in [9.17, 15) is 9.59 Å². The summed E-state index contributed by atoms with van der Waals surface area (Å²) in [7, 11) is 1.68. The van der Waals surface area contributed by atoms with Gasteiger partial charge in [-0.3, -0.25) is 9.59 Å². The molecule has 1 heterocycles. The second-order valence-electron chi connectivity index (χ2n) is 5.54. The number of carbonyl (C=O) groups is 2. The van der Waals surface area contributed by atoms with Gasteiger partial charge in [0.25, 0.3) is 0 Å². The van der Waals surface area contributed by atoms with Crippen LogP contribution in [-0.4, -0.2) is 48.1 Å². The maximum atomic E-state index is 12.8. The van der Waals surface area contributed by atoms with E-state index in [2.05, 4.69) is 5.32 Å². The first kappa shape index (κ1) is 14.3. The summed E-state index contributed by atoms with van der Waals surface area (Å²) in [4.78, 5) is 26.5. The van der Waals surface area contributed by atoms with Crippen molar-refractivity contribution in [1.82, 2.24) is 10.2 Å². The summed E-state index contributed by atoms with van der Waals surface area (Å²) in [5.74, 6) is 0.0103. The van der Waals surface area contributed by atoms with Crippen LogP contribution < -0.4 is 5.32 Å². The predicted octanol–water partition coefficient (Wildman–Crippen LogP) is 1.07. The van der Waals surface area contributed by atoms with Crippen LogP contribution in [0.5, 0.6) is 0 Å². The lowest BCUT2D eigenvalue weighted by atomic mass is 9.88. The third kappa shape index (κ3) is 2.36. The van der Waals surface area contributed by atoms with E-state index in [1.54, 1.807) is 12.0 Å². The fraction of sp³-hybridized carbons (Fsp3) is 0.857. The van der Waals surface area contributed by atoms with E-state index in [4.69, 9.17) is 4.74 Å². The highest BCUT2D eigenvalue weighted by Gasteiger charge is 2.48. The van der Waals surface area contributed by atoms with Crippen LogP contribution in [0.3, 0.4) is 0 Å². The highest BCUT2D eigenvalue weighted by Crippen LogP contribution is 2.31. The molecule has 0 bridgehead atoms. The van der Waals surface area contributed by atoms with Crippen LogP contribution >= 0.6 is 0 Å². The van der Waals surface area contributed by atoms with Gasteiger partial charge in [0.05, 0.1) is 12.1 Å². The fourth-order valence-corrected chi connectivity index (χ4v) is 3.40. The first-order valence-electron chi connectivity index (χ1n) is 7.22. The molecule has 1 aliphatic carbocycles. The van der Waals surface area contributed by atoms with Gasteiger partial charge in [0.2, 0.25) is 11.8 Å². The predicted molar refractivity (Wildman–Crippen MR) is 71.6 cm³/mol. The van der Waals surface area contributed by atoms with Crippen molar-refractivity contribution in [2.75, 3.05) is 13.7 Å². The lowest BCUT2D eigenvalue weighted by molar-refractivity contribution is -0.155. The summed E-state index contributed by atoms with van der Waals surface area (Å²) >= 11 is 0. The molecule has 0 radical (unpaired) electrons. The number of ether oxygens (including phenoxy) is 1.